The fourth-order valence-corrected chi connectivity index (χ4v) is 2.66. The van der Waals surface area contributed by atoms with Gasteiger partial charge in [-0.3, -0.25) is 0 Å². The number of aliphatic carboxylic acids is 1. The molecule has 6 unspecified atom stereocenters. The van der Waals surface area contributed by atoms with E-state index in [9.17, 15) is 30.3 Å². The predicted octanol–water partition coefficient (Wildman–Crippen LogP) is -1.69. The first kappa shape index (κ1) is 21.2. The molecule has 1 aliphatic heterocycles. The molecule has 1 fully saturated rings. The molecule has 0 aromatic carbocycles. The van der Waals surface area contributed by atoms with E-state index < -0.39 is 53.6 Å². The van der Waals surface area contributed by atoms with Crippen LogP contribution in [0.1, 0.15) is 20.8 Å². The van der Waals surface area contributed by atoms with Crippen molar-refractivity contribution in [3.8, 4) is 5.18 Å². The van der Waals surface area contributed by atoms with Crippen LogP contribution < -0.4 is 0 Å². The van der Waals surface area contributed by atoms with Gasteiger partial charge in [-0.15, -0.1) is 0 Å². The number of carbonyl (C=O) groups is 1. The van der Waals surface area contributed by atoms with Gasteiger partial charge in [0.15, 0.2) is 17.8 Å². The van der Waals surface area contributed by atoms with Crippen LogP contribution in [-0.4, -0.2) is 85.5 Å². The van der Waals surface area contributed by atoms with Gasteiger partial charge in [0.05, 0.1) is 6.61 Å². The van der Waals surface area contributed by atoms with E-state index >= 15 is 0 Å². The molecular weight excluding hydrogens is 344 g/mol. The third-order valence-corrected chi connectivity index (χ3v) is 4.41. The van der Waals surface area contributed by atoms with E-state index in [0.29, 0.717) is 0 Å². The topological polar surface area (TPSA) is 157 Å². The second-order valence-electron chi connectivity index (χ2n) is 6.50. The largest absolute Gasteiger partial charge is 0.479 e. The monoisotopic (exact) mass is 368 g/mol. The summed E-state index contributed by atoms with van der Waals surface area (Å²) >= 11 is 0.799. The average molecular weight is 368 g/mol. The predicted molar refractivity (Wildman–Crippen MR) is 83.2 cm³/mol. The Bertz CT molecular complexity index is 495. The fourth-order valence-electron chi connectivity index (χ4n) is 1.74. The Hall–Kier alpha value is -0.810. The molecule has 0 aliphatic carbocycles. The van der Waals surface area contributed by atoms with E-state index in [0.717, 1.165) is 11.2 Å². The van der Waals surface area contributed by atoms with Crippen molar-refractivity contribution < 1.29 is 44.9 Å². The highest BCUT2D eigenvalue weighted by atomic mass is 32.1. The van der Waals surface area contributed by atoms with Gasteiger partial charge in [0.2, 0.25) is 0 Å². The molecule has 0 aromatic rings. The Morgan fingerprint density at radius 3 is 2.33 bits per heavy atom. The number of aliphatic hydroxyl groups excluding tert-OH is 5. The zero-order valence-corrected chi connectivity index (χ0v) is 14.4. The van der Waals surface area contributed by atoms with Crippen molar-refractivity contribution >= 4 is 17.1 Å². The fraction of sp³-hybridized carbons (Fsp3) is 0.857. The lowest BCUT2D eigenvalue weighted by molar-refractivity contribution is -0.281. The van der Waals surface area contributed by atoms with Crippen LogP contribution in [0.25, 0.3) is 0 Å². The second-order valence-corrected chi connectivity index (χ2v) is 7.40. The zero-order valence-electron chi connectivity index (χ0n) is 13.6. The van der Waals surface area contributed by atoms with Crippen molar-refractivity contribution in [1.29, 1.82) is 0 Å². The highest BCUT2D eigenvalue weighted by Crippen LogP contribution is 2.23. The quantitative estimate of drug-likeness (QED) is 0.312. The first-order valence-corrected chi connectivity index (χ1v) is 8.15. The van der Waals surface area contributed by atoms with Gasteiger partial charge in [-0.1, -0.05) is 16.4 Å². The maximum atomic E-state index is 10.8. The summed E-state index contributed by atoms with van der Waals surface area (Å²) in [5.41, 5.74) is -1.76. The number of rotatable bonds is 5. The normalized spacial score (nSPS) is 31.7. The van der Waals surface area contributed by atoms with E-state index in [4.69, 9.17) is 14.6 Å². The Morgan fingerprint density at radius 2 is 1.83 bits per heavy atom. The van der Waals surface area contributed by atoms with Crippen LogP contribution in [-0.2, 0) is 14.3 Å². The third kappa shape index (κ3) is 5.92. The second kappa shape index (κ2) is 8.52. The summed E-state index contributed by atoms with van der Waals surface area (Å²) in [6.07, 6.45) is -9.82. The first-order chi connectivity index (χ1) is 10.9. The number of aliphatic hydroxyl groups is 5. The summed E-state index contributed by atoms with van der Waals surface area (Å²) in [6, 6.07) is 0. The van der Waals surface area contributed by atoms with Crippen molar-refractivity contribution in [2.24, 2.45) is 5.41 Å². The maximum Gasteiger partial charge on any atom is 0.335 e. The zero-order chi connectivity index (χ0) is 18.7. The van der Waals surface area contributed by atoms with Gasteiger partial charge in [0.1, 0.15) is 24.4 Å². The molecule has 1 rings (SSSR count). The molecule has 1 saturated heterocycles. The molecule has 0 bridgehead atoms. The number of carboxylic acids is 1. The lowest BCUT2D eigenvalue weighted by Crippen LogP contribution is -2.55. The average Bonchev–Trinajstić information content (AvgIpc) is 2.48. The minimum absolute atomic E-state index is 0.315. The van der Waals surface area contributed by atoms with Crippen LogP contribution in [0.3, 0.4) is 0 Å². The van der Waals surface area contributed by atoms with Crippen molar-refractivity contribution in [3.05, 3.63) is 0 Å². The number of hydrogen-bond donors (Lipinski definition) is 6. The summed E-state index contributed by atoms with van der Waals surface area (Å²) in [5.74, 6) is -1.65. The molecule has 1 heterocycles. The van der Waals surface area contributed by atoms with E-state index in [1.54, 1.807) is 0 Å². The molecule has 9 nitrogen and oxygen atoms in total. The molecule has 6 N–H and O–H groups in total. The SMILES string of the molecule is CC(C)(C)C#S[C@@H](OC1OCC(O)C(O)C1O)C(O)C(O)C(=O)O. The molecule has 1 aliphatic rings. The summed E-state index contributed by atoms with van der Waals surface area (Å²) in [6.45, 7) is 5.11. The van der Waals surface area contributed by atoms with E-state index in [1.165, 1.54) is 0 Å². The molecule has 0 saturated carbocycles. The highest BCUT2D eigenvalue weighted by molar-refractivity contribution is 7.89. The van der Waals surface area contributed by atoms with Crippen molar-refractivity contribution in [1.82, 2.24) is 0 Å². The number of hydrogen-bond acceptors (Lipinski definition) is 8. The van der Waals surface area contributed by atoms with E-state index in [-0.39, 0.29) is 6.61 Å². The summed E-state index contributed by atoms with van der Waals surface area (Å²) < 4.78 is 10.4. The van der Waals surface area contributed by atoms with E-state index in [1.807, 2.05) is 20.8 Å². The highest BCUT2D eigenvalue weighted by Gasteiger charge is 2.41. The van der Waals surface area contributed by atoms with Crippen molar-refractivity contribution in [2.75, 3.05) is 6.61 Å². The summed E-state index contributed by atoms with van der Waals surface area (Å²) in [5, 5.41) is 60.2. The van der Waals surface area contributed by atoms with Gasteiger partial charge in [0, 0.05) is 5.41 Å². The lowest BCUT2D eigenvalue weighted by Gasteiger charge is -2.36. The molecular formula is C14H24O9S. The van der Waals surface area contributed by atoms with E-state index in [2.05, 4.69) is 5.18 Å². The Labute approximate surface area is 143 Å². The number of carboxylic acid groups (broad SMARTS) is 1. The Morgan fingerprint density at radius 1 is 1.25 bits per heavy atom. The first-order valence-electron chi connectivity index (χ1n) is 7.27. The minimum atomic E-state index is -2.12. The van der Waals surface area contributed by atoms with Crippen LogP contribution in [0.4, 0.5) is 0 Å². The van der Waals surface area contributed by atoms with Crippen LogP contribution in [0, 0.1) is 10.6 Å². The molecule has 7 atom stereocenters. The van der Waals surface area contributed by atoms with Crippen molar-refractivity contribution in [3.63, 3.8) is 0 Å². The van der Waals surface area contributed by atoms with Gasteiger partial charge >= 0.3 is 5.97 Å². The molecule has 0 aromatic heterocycles. The molecule has 140 valence electrons. The van der Waals surface area contributed by atoms with Gasteiger partial charge in [-0.2, -0.15) is 0 Å². The maximum absolute atomic E-state index is 10.8. The minimum Gasteiger partial charge on any atom is -0.479 e. The Balaban J connectivity index is 2.96. The molecule has 24 heavy (non-hydrogen) atoms. The smallest absolute Gasteiger partial charge is 0.335 e. The Kier molecular flexibility index (Phi) is 7.54. The molecule has 0 spiro atoms. The van der Waals surface area contributed by atoms with Gasteiger partial charge < -0.3 is 40.1 Å². The number of ether oxygens (including phenoxy) is 2. The molecule has 0 radical (unpaired) electrons. The lowest BCUT2D eigenvalue weighted by atomic mass is 10.0. The third-order valence-electron chi connectivity index (χ3n) is 3.06. The van der Waals surface area contributed by atoms with Crippen molar-refractivity contribution in [2.45, 2.75) is 63.0 Å². The summed E-state index contributed by atoms with van der Waals surface area (Å²) in [4.78, 5) is 10.8. The van der Waals surface area contributed by atoms with Gasteiger partial charge in [0.25, 0.3) is 0 Å². The molecule has 10 heteroatoms. The van der Waals surface area contributed by atoms with Crippen LogP contribution >= 0.6 is 11.2 Å². The van der Waals surface area contributed by atoms with Crippen LogP contribution in [0.15, 0.2) is 0 Å². The summed E-state index contributed by atoms with van der Waals surface area (Å²) in [7, 11) is 0. The molecule has 0 amide bonds. The standard InChI is InChI=1S/C14H24O9S/c1-14(2,3)5-24-13(10(19)8(17)11(20)21)23-12-9(18)7(16)6(15)4-22-12/h6-10,12-13,15-19H,4H2,1-3H3,(H,20,21)/t6?,7?,8?,9?,10?,12?,13-/m1/s1. The van der Waals surface area contributed by atoms with Gasteiger partial charge in [-0.05, 0) is 20.8 Å². The van der Waals surface area contributed by atoms with Crippen LogP contribution in [0.5, 0.6) is 0 Å². The van der Waals surface area contributed by atoms with Gasteiger partial charge in [-0.25, -0.2) is 4.79 Å². The van der Waals surface area contributed by atoms with Crippen LogP contribution in [0.2, 0.25) is 0 Å².